The number of para-hydroxylation sites is 1. The van der Waals surface area contributed by atoms with Crippen LogP contribution in [-0.4, -0.2) is 29.3 Å². The van der Waals surface area contributed by atoms with Crippen molar-refractivity contribution in [2.75, 3.05) is 7.11 Å². The van der Waals surface area contributed by atoms with Crippen molar-refractivity contribution in [2.24, 2.45) is 0 Å². The number of carbonyl (C=O) groups is 2. The lowest BCUT2D eigenvalue weighted by Crippen LogP contribution is -2.38. The fourth-order valence-electron chi connectivity index (χ4n) is 1.86. The van der Waals surface area contributed by atoms with E-state index in [9.17, 15) is 9.59 Å². The van der Waals surface area contributed by atoms with Gasteiger partial charge in [-0.15, -0.1) is 22.7 Å². The molecule has 1 aromatic carbocycles. The number of nitrogens with one attached hydrogen (secondary N) is 1. The maximum Gasteiger partial charge on any atom is 0.408 e. The van der Waals surface area contributed by atoms with Crippen molar-refractivity contribution in [3.05, 3.63) is 46.7 Å². The summed E-state index contributed by atoms with van der Waals surface area (Å²) in [5.74, 6) is -0.172. The lowest BCUT2D eigenvalue weighted by Gasteiger charge is -2.14. The van der Waals surface area contributed by atoms with Crippen LogP contribution in [-0.2, 0) is 4.74 Å². The van der Waals surface area contributed by atoms with E-state index in [4.69, 9.17) is 0 Å². The minimum absolute atomic E-state index is 0.172. The van der Waals surface area contributed by atoms with Crippen molar-refractivity contribution in [1.29, 1.82) is 0 Å². The van der Waals surface area contributed by atoms with Crippen LogP contribution < -0.4 is 5.32 Å². The summed E-state index contributed by atoms with van der Waals surface area (Å²) in [7, 11) is 1.27. The summed E-state index contributed by atoms with van der Waals surface area (Å²) in [6.07, 6.45) is -0.645. The Hall–Kier alpha value is -1.90. The minimum Gasteiger partial charge on any atom is -0.453 e. The van der Waals surface area contributed by atoms with Crippen LogP contribution in [0.4, 0.5) is 4.79 Å². The van der Waals surface area contributed by atoms with Gasteiger partial charge in [-0.05, 0) is 23.6 Å². The van der Waals surface area contributed by atoms with E-state index in [0.29, 0.717) is 4.88 Å². The molecule has 0 radical (unpaired) electrons. The van der Waals surface area contributed by atoms with E-state index >= 15 is 0 Å². The number of hydrogen-bond acceptors (Lipinski definition) is 7. The Bertz CT molecular complexity index is 796. The lowest BCUT2D eigenvalue weighted by atomic mass is 10.3. The predicted octanol–water partition coefficient (Wildman–Crippen LogP) is 4.01. The second-order valence-electron chi connectivity index (χ2n) is 4.42. The zero-order valence-corrected chi connectivity index (χ0v) is 14.5. The van der Waals surface area contributed by atoms with Crippen molar-refractivity contribution in [3.8, 4) is 0 Å². The first-order valence-corrected chi connectivity index (χ1v) is 9.19. The fraction of sp³-hybridized carbons (Fsp3) is 0.133. The highest BCUT2D eigenvalue weighted by atomic mass is 32.2. The molecule has 0 spiro atoms. The molecule has 0 unspecified atom stereocenters. The number of thioether (sulfide) groups is 1. The van der Waals surface area contributed by atoms with Crippen LogP contribution >= 0.6 is 34.4 Å². The number of fused-ring (bicyclic) bond motifs is 1. The highest BCUT2D eigenvalue weighted by Gasteiger charge is 2.26. The average Bonchev–Trinajstić information content (AvgIpc) is 3.22. The molecule has 2 heterocycles. The molecule has 3 aromatic rings. The quantitative estimate of drug-likeness (QED) is 0.421. The van der Waals surface area contributed by atoms with Gasteiger partial charge >= 0.3 is 6.09 Å². The van der Waals surface area contributed by atoms with E-state index in [0.717, 1.165) is 14.6 Å². The molecule has 0 aliphatic rings. The number of carbonyl (C=O) groups excluding carboxylic acids is 2. The third kappa shape index (κ3) is 3.72. The molecule has 0 fully saturated rings. The Morgan fingerprint density at radius 1 is 1.26 bits per heavy atom. The molecule has 3 rings (SSSR count). The fourth-order valence-corrected chi connectivity index (χ4v) is 4.82. The number of benzene rings is 1. The number of thiazole rings is 1. The number of amides is 1. The SMILES string of the molecule is COC(=O)N[C@H](Sc1nc2ccccc2s1)C(=O)c1cccs1. The first-order valence-electron chi connectivity index (χ1n) is 6.62. The molecule has 0 saturated carbocycles. The van der Waals surface area contributed by atoms with Crippen LogP contribution in [0.1, 0.15) is 9.67 Å². The Morgan fingerprint density at radius 3 is 2.78 bits per heavy atom. The first-order chi connectivity index (χ1) is 11.2. The smallest absolute Gasteiger partial charge is 0.408 e. The molecule has 0 aliphatic heterocycles. The molecule has 2 aromatic heterocycles. The molecule has 0 saturated heterocycles. The van der Waals surface area contributed by atoms with Gasteiger partial charge < -0.3 is 10.1 Å². The molecule has 23 heavy (non-hydrogen) atoms. The van der Waals surface area contributed by atoms with Gasteiger partial charge in [-0.25, -0.2) is 9.78 Å². The molecule has 0 aliphatic carbocycles. The van der Waals surface area contributed by atoms with Crippen LogP contribution in [0.25, 0.3) is 10.2 Å². The molecule has 1 atom stereocenters. The summed E-state index contributed by atoms with van der Waals surface area (Å²) in [6, 6.07) is 11.3. The van der Waals surface area contributed by atoms with Crippen LogP contribution in [0, 0.1) is 0 Å². The van der Waals surface area contributed by atoms with Crippen molar-refractivity contribution in [1.82, 2.24) is 10.3 Å². The van der Waals surface area contributed by atoms with E-state index in [-0.39, 0.29) is 5.78 Å². The van der Waals surface area contributed by atoms with Gasteiger partial charge in [-0.1, -0.05) is 30.0 Å². The zero-order chi connectivity index (χ0) is 16.2. The number of nitrogens with zero attached hydrogens (tertiary/aromatic N) is 1. The van der Waals surface area contributed by atoms with Gasteiger partial charge in [0.2, 0.25) is 5.78 Å². The zero-order valence-electron chi connectivity index (χ0n) is 12.0. The second kappa shape index (κ2) is 7.12. The van der Waals surface area contributed by atoms with Crippen LogP contribution in [0.2, 0.25) is 0 Å². The van der Waals surface area contributed by atoms with Gasteiger partial charge in [0.1, 0.15) is 5.37 Å². The number of alkyl carbamates (subject to hydrolysis) is 1. The van der Waals surface area contributed by atoms with E-state index < -0.39 is 11.5 Å². The van der Waals surface area contributed by atoms with Crippen LogP contribution in [0.3, 0.4) is 0 Å². The van der Waals surface area contributed by atoms with E-state index in [1.165, 1.54) is 41.5 Å². The Morgan fingerprint density at radius 2 is 2.09 bits per heavy atom. The highest BCUT2D eigenvalue weighted by Crippen LogP contribution is 2.32. The van der Waals surface area contributed by atoms with E-state index in [1.54, 1.807) is 12.1 Å². The molecule has 5 nitrogen and oxygen atoms in total. The normalized spacial score (nSPS) is 12.0. The van der Waals surface area contributed by atoms with Crippen molar-refractivity contribution >= 4 is 56.5 Å². The minimum atomic E-state index is -0.776. The number of ether oxygens (including phenoxy) is 1. The molecular weight excluding hydrogens is 352 g/mol. The average molecular weight is 364 g/mol. The standard InChI is InChI=1S/C15H12N2O3S3/c1-20-14(19)17-13(12(18)11-7-4-8-21-11)23-15-16-9-5-2-3-6-10(9)22-15/h2-8,13H,1H3,(H,17,19)/t13-/m1/s1. The molecule has 1 N–H and O–H groups in total. The number of rotatable bonds is 5. The van der Waals surface area contributed by atoms with Crippen LogP contribution in [0.15, 0.2) is 46.1 Å². The summed E-state index contributed by atoms with van der Waals surface area (Å²) in [4.78, 5) is 29.2. The predicted molar refractivity (Wildman–Crippen MR) is 93.5 cm³/mol. The highest BCUT2D eigenvalue weighted by molar-refractivity contribution is 8.02. The molecule has 0 bridgehead atoms. The molecular formula is C15H12N2O3S3. The third-order valence-electron chi connectivity index (χ3n) is 2.93. The summed E-state index contributed by atoms with van der Waals surface area (Å²) in [5, 5.41) is 3.62. The maximum atomic E-state index is 12.6. The van der Waals surface area contributed by atoms with E-state index in [2.05, 4.69) is 15.0 Å². The molecule has 1 amide bonds. The van der Waals surface area contributed by atoms with Gasteiger partial charge in [0.15, 0.2) is 4.34 Å². The molecule has 8 heteroatoms. The lowest BCUT2D eigenvalue weighted by molar-refractivity contribution is 0.0974. The van der Waals surface area contributed by atoms with Crippen molar-refractivity contribution in [3.63, 3.8) is 0 Å². The number of Topliss-reactive ketones (excluding diaryl/α,β-unsaturated/α-hetero) is 1. The van der Waals surface area contributed by atoms with Gasteiger partial charge in [-0.3, -0.25) is 4.79 Å². The van der Waals surface area contributed by atoms with Crippen molar-refractivity contribution in [2.45, 2.75) is 9.71 Å². The van der Waals surface area contributed by atoms with Gasteiger partial charge in [0, 0.05) is 0 Å². The van der Waals surface area contributed by atoms with E-state index in [1.807, 2.05) is 29.6 Å². The van der Waals surface area contributed by atoms with Gasteiger partial charge in [0.25, 0.3) is 0 Å². The Kier molecular flexibility index (Phi) is 4.94. The number of methoxy groups -OCH3 is 1. The van der Waals surface area contributed by atoms with Crippen LogP contribution in [0.5, 0.6) is 0 Å². The summed E-state index contributed by atoms with van der Waals surface area (Å²) >= 11 is 4.04. The number of thiophene rings is 1. The Labute approximate surface area is 144 Å². The van der Waals surface area contributed by atoms with Gasteiger partial charge in [-0.2, -0.15) is 0 Å². The maximum absolute atomic E-state index is 12.6. The number of ketones is 1. The topological polar surface area (TPSA) is 68.3 Å². The summed E-state index contributed by atoms with van der Waals surface area (Å²) in [5.41, 5.74) is 0.875. The summed E-state index contributed by atoms with van der Waals surface area (Å²) in [6.45, 7) is 0. The van der Waals surface area contributed by atoms with Crippen molar-refractivity contribution < 1.29 is 14.3 Å². The Balaban J connectivity index is 1.85. The van der Waals surface area contributed by atoms with Gasteiger partial charge in [0.05, 0.1) is 22.2 Å². The largest absolute Gasteiger partial charge is 0.453 e. The second-order valence-corrected chi connectivity index (χ2v) is 7.75. The molecule has 118 valence electrons. The first kappa shape index (κ1) is 16.0. The third-order valence-corrected chi connectivity index (χ3v) is 6.04. The number of hydrogen-bond donors (Lipinski definition) is 1. The number of aromatic nitrogens is 1. The summed E-state index contributed by atoms with van der Waals surface area (Å²) < 4.78 is 6.37. The monoisotopic (exact) mass is 364 g/mol.